The van der Waals surface area contributed by atoms with Crippen LogP contribution in [0.2, 0.25) is 5.02 Å². The number of nitro benzene ring substituents is 1. The van der Waals surface area contributed by atoms with Crippen molar-refractivity contribution in [1.29, 1.82) is 0 Å². The Bertz CT molecular complexity index is 1130. The minimum Gasteiger partial charge on any atom is -0.265 e. The maximum absolute atomic E-state index is 13.9. The number of non-ortho nitro benzene ring substituents is 1. The minimum atomic E-state index is -4.03. The number of nitrogens with zero attached hydrogens (tertiary/aromatic N) is 3. The van der Waals surface area contributed by atoms with Crippen LogP contribution >= 0.6 is 27.5 Å². The van der Waals surface area contributed by atoms with Crippen molar-refractivity contribution in [2.45, 2.75) is 11.4 Å². The Morgan fingerprint density at radius 3 is 2.54 bits per heavy atom. The second kappa shape index (κ2) is 7.86. The van der Waals surface area contributed by atoms with Gasteiger partial charge in [0.05, 0.1) is 20.8 Å². The first-order valence-electron chi connectivity index (χ1n) is 7.60. The molecule has 1 heterocycles. The summed E-state index contributed by atoms with van der Waals surface area (Å²) in [6.45, 7) is -0.0105. The van der Waals surface area contributed by atoms with Gasteiger partial charge in [0, 0.05) is 28.9 Å². The topological polar surface area (TPSA) is 107 Å². The number of aromatic nitrogens is 2. The van der Waals surface area contributed by atoms with Gasteiger partial charge in [-0.2, -0.15) is 5.10 Å². The Kier molecular flexibility index (Phi) is 5.68. The van der Waals surface area contributed by atoms with E-state index < -0.39 is 20.8 Å². The molecule has 1 aromatic heterocycles. The van der Waals surface area contributed by atoms with Gasteiger partial charge in [0.25, 0.3) is 15.7 Å². The van der Waals surface area contributed by atoms with Gasteiger partial charge in [-0.3, -0.25) is 19.5 Å². The summed E-state index contributed by atoms with van der Waals surface area (Å²) in [6, 6.07) is 8.68. The minimum absolute atomic E-state index is 0.0105. The first kappa shape index (κ1) is 20.2. The molecule has 0 saturated carbocycles. The summed E-state index contributed by atoms with van der Waals surface area (Å²) < 4.78 is 42.8. The average molecular weight is 490 g/mol. The maximum atomic E-state index is 13.9. The predicted molar refractivity (Wildman–Crippen MR) is 104 cm³/mol. The van der Waals surface area contributed by atoms with E-state index >= 15 is 0 Å². The molecule has 8 nitrogen and oxygen atoms in total. The van der Waals surface area contributed by atoms with Gasteiger partial charge in [-0.1, -0.05) is 17.7 Å². The van der Waals surface area contributed by atoms with E-state index in [0.29, 0.717) is 4.47 Å². The second-order valence-electron chi connectivity index (χ2n) is 5.58. The molecule has 3 rings (SSSR count). The van der Waals surface area contributed by atoms with Crippen LogP contribution in [-0.2, 0) is 16.6 Å². The Labute approximate surface area is 172 Å². The summed E-state index contributed by atoms with van der Waals surface area (Å²) in [7, 11) is -4.03. The molecule has 0 spiro atoms. The third kappa shape index (κ3) is 4.32. The third-order valence-corrected chi connectivity index (χ3v) is 5.98. The summed E-state index contributed by atoms with van der Waals surface area (Å²) in [4.78, 5) is 9.88. The highest BCUT2D eigenvalue weighted by atomic mass is 79.9. The van der Waals surface area contributed by atoms with Gasteiger partial charge in [0.2, 0.25) is 0 Å². The molecule has 0 aliphatic heterocycles. The number of hydrogen-bond donors (Lipinski definition) is 1. The molecule has 0 radical (unpaired) electrons. The van der Waals surface area contributed by atoms with Crippen LogP contribution in [0.3, 0.4) is 0 Å². The molecule has 2 aromatic carbocycles. The van der Waals surface area contributed by atoms with Crippen molar-refractivity contribution in [2.24, 2.45) is 0 Å². The summed E-state index contributed by atoms with van der Waals surface area (Å²) in [5.74, 6) is -0.530. The summed E-state index contributed by atoms with van der Waals surface area (Å²) >= 11 is 9.19. The van der Waals surface area contributed by atoms with E-state index in [2.05, 4.69) is 25.8 Å². The SMILES string of the molecule is O=[N+]([O-])c1ccc(S(=O)(=O)Nc2nn(Cc3c(F)cccc3Cl)cc2Br)cc1. The third-order valence-electron chi connectivity index (χ3n) is 3.69. The van der Waals surface area contributed by atoms with Crippen LogP contribution in [0.25, 0.3) is 0 Å². The van der Waals surface area contributed by atoms with Crippen molar-refractivity contribution in [2.75, 3.05) is 4.72 Å². The maximum Gasteiger partial charge on any atom is 0.269 e. The van der Waals surface area contributed by atoms with Gasteiger partial charge in [0.15, 0.2) is 5.82 Å². The molecule has 0 bridgehead atoms. The number of sulfonamides is 1. The van der Waals surface area contributed by atoms with Crippen molar-refractivity contribution >= 4 is 49.1 Å². The van der Waals surface area contributed by atoms with E-state index in [-0.39, 0.29) is 33.5 Å². The van der Waals surface area contributed by atoms with Crippen molar-refractivity contribution in [3.63, 3.8) is 0 Å². The molecule has 1 N–H and O–H groups in total. The fourth-order valence-electron chi connectivity index (χ4n) is 2.33. The molecule has 0 saturated heterocycles. The Morgan fingerprint density at radius 1 is 1.25 bits per heavy atom. The van der Waals surface area contributed by atoms with E-state index in [1.54, 1.807) is 0 Å². The highest BCUT2D eigenvalue weighted by Gasteiger charge is 2.20. The van der Waals surface area contributed by atoms with Crippen LogP contribution in [-0.4, -0.2) is 23.1 Å². The highest BCUT2D eigenvalue weighted by Crippen LogP contribution is 2.26. The molecule has 3 aromatic rings. The van der Waals surface area contributed by atoms with Crippen LogP contribution < -0.4 is 4.72 Å². The number of rotatable bonds is 6. The number of anilines is 1. The molecule has 0 fully saturated rings. The van der Waals surface area contributed by atoms with Gasteiger partial charge < -0.3 is 0 Å². The summed E-state index contributed by atoms with van der Waals surface area (Å²) in [6.07, 6.45) is 1.47. The van der Waals surface area contributed by atoms with E-state index in [4.69, 9.17) is 11.6 Å². The lowest BCUT2D eigenvalue weighted by atomic mass is 10.2. The molecular formula is C16H11BrClFN4O4S. The van der Waals surface area contributed by atoms with Crippen LogP contribution in [0, 0.1) is 15.9 Å². The van der Waals surface area contributed by atoms with Crippen molar-refractivity contribution < 1.29 is 17.7 Å². The van der Waals surface area contributed by atoms with Crippen LogP contribution in [0.5, 0.6) is 0 Å². The molecule has 0 amide bonds. The standard InChI is InChI=1S/C16H11BrClFN4O4S/c17-13-9-22(8-12-14(18)2-1-3-15(12)19)20-16(13)21-28(26,27)11-6-4-10(5-7-11)23(24)25/h1-7,9H,8H2,(H,20,21). The fourth-order valence-corrected chi connectivity index (χ4v) is 4.11. The van der Waals surface area contributed by atoms with Crippen LogP contribution in [0.4, 0.5) is 15.9 Å². The summed E-state index contributed by atoms with van der Waals surface area (Å²) in [5.41, 5.74) is -0.0184. The molecule has 0 aliphatic carbocycles. The van der Waals surface area contributed by atoms with Gasteiger partial charge >= 0.3 is 0 Å². The quantitative estimate of drug-likeness (QED) is 0.412. The van der Waals surface area contributed by atoms with E-state index in [0.717, 1.165) is 24.3 Å². The summed E-state index contributed by atoms with van der Waals surface area (Å²) in [5, 5.41) is 15.0. The number of nitrogens with one attached hydrogen (secondary N) is 1. The zero-order valence-electron chi connectivity index (χ0n) is 13.8. The number of halogens is 3. The molecular weight excluding hydrogens is 479 g/mol. The van der Waals surface area contributed by atoms with Gasteiger partial charge in [0.1, 0.15) is 5.82 Å². The van der Waals surface area contributed by atoms with E-state index in [1.807, 2.05) is 0 Å². The smallest absolute Gasteiger partial charge is 0.265 e. The molecule has 0 atom stereocenters. The molecule has 28 heavy (non-hydrogen) atoms. The Balaban J connectivity index is 1.84. The number of nitro groups is 1. The lowest BCUT2D eigenvalue weighted by Gasteiger charge is -2.07. The molecule has 0 aliphatic rings. The molecule has 0 unspecified atom stereocenters. The zero-order valence-corrected chi connectivity index (χ0v) is 17.0. The van der Waals surface area contributed by atoms with Gasteiger partial charge in [-0.05, 0) is 40.2 Å². The number of benzene rings is 2. The van der Waals surface area contributed by atoms with Crippen molar-refractivity contribution in [3.8, 4) is 0 Å². The first-order valence-corrected chi connectivity index (χ1v) is 10.3. The predicted octanol–water partition coefficient (Wildman–Crippen LogP) is 4.20. The number of hydrogen-bond acceptors (Lipinski definition) is 5. The van der Waals surface area contributed by atoms with Crippen LogP contribution in [0.1, 0.15) is 5.56 Å². The first-order chi connectivity index (χ1) is 13.2. The largest absolute Gasteiger partial charge is 0.269 e. The van der Waals surface area contributed by atoms with Crippen molar-refractivity contribution in [1.82, 2.24) is 9.78 Å². The monoisotopic (exact) mass is 488 g/mol. The van der Waals surface area contributed by atoms with E-state index in [9.17, 15) is 22.9 Å². The highest BCUT2D eigenvalue weighted by molar-refractivity contribution is 9.10. The molecule has 146 valence electrons. The lowest BCUT2D eigenvalue weighted by molar-refractivity contribution is -0.384. The molecule has 12 heteroatoms. The lowest BCUT2D eigenvalue weighted by Crippen LogP contribution is -2.14. The van der Waals surface area contributed by atoms with Crippen LogP contribution in [0.15, 0.2) is 58.0 Å². The average Bonchev–Trinajstić information content (AvgIpc) is 2.97. The Morgan fingerprint density at radius 2 is 1.93 bits per heavy atom. The van der Waals surface area contributed by atoms with E-state index in [1.165, 1.54) is 29.1 Å². The van der Waals surface area contributed by atoms with Gasteiger partial charge in [-0.25, -0.2) is 12.8 Å². The van der Waals surface area contributed by atoms with Crippen molar-refractivity contribution in [3.05, 3.63) is 79.7 Å². The fraction of sp³-hybridized carbons (Fsp3) is 0.0625. The second-order valence-corrected chi connectivity index (χ2v) is 8.52. The zero-order chi connectivity index (χ0) is 20.5. The van der Waals surface area contributed by atoms with Gasteiger partial charge in [-0.15, -0.1) is 0 Å². The Hall–Kier alpha value is -2.50. The normalized spacial score (nSPS) is 11.4.